The van der Waals surface area contributed by atoms with Crippen LogP contribution in [0.5, 0.6) is 5.75 Å². The molecule has 1 amide bonds. The molecule has 0 bridgehead atoms. The van der Waals surface area contributed by atoms with E-state index in [-0.39, 0.29) is 24.1 Å². The van der Waals surface area contributed by atoms with E-state index < -0.39 is 0 Å². The van der Waals surface area contributed by atoms with E-state index in [0.717, 1.165) is 19.3 Å². The summed E-state index contributed by atoms with van der Waals surface area (Å²) < 4.78 is 23.7. The molecule has 5 heteroatoms. The third kappa shape index (κ3) is 4.91. The summed E-state index contributed by atoms with van der Waals surface area (Å²) in [4.78, 5) is 11.8. The number of rotatable bonds is 8. The molecule has 1 aromatic heterocycles. The Labute approximate surface area is 129 Å². The van der Waals surface area contributed by atoms with Crippen LogP contribution in [0.1, 0.15) is 42.5 Å². The van der Waals surface area contributed by atoms with Crippen LogP contribution >= 0.6 is 0 Å². The molecule has 4 nitrogen and oxygen atoms in total. The Hall–Kier alpha value is -2.30. The minimum Gasteiger partial charge on any atom is -0.486 e. The topological polar surface area (TPSA) is 51.5 Å². The number of ether oxygens (including phenoxy) is 1. The summed E-state index contributed by atoms with van der Waals surface area (Å²) >= 11 is 0. The maximum absolute atomic E-state index is 12.8. The van der Waals surface area contributed by atoms with Gasteiger partial charge < -0.3 is 14.5 Å². The van der Waals surface area contributed by atoms with Gasteiger partial charge >= 0.3 is 0 Å². The molecule has 2 aromatic rings. The summed E-state index contributed by atoms with van der Waals surface area (Å²) in [5, 5.41) is 2.81. The van der Waals surface area contributed by atoms with Crippen LogP contribution in [0.3, 0.4) is 0 Å². The zero-order valence-corrected chi connectivity index (χ0v) is 12.6. The lowest BCUT2D eigenvalue weighted by Gasteiger charge is -2.04. The Balaban J connectivity index is 1.80. The molecule has 0 saturated heterocycles. The largest absolute Gasteiger partial charge is 0.486 e. The number of nitrogens with one attached hydrogen (secondary N) is 1. The van der Waals surface area contributed by atoms with E-state index in [2.05, 4.69) is 12.2 Å². The Morgan fingerprint density at radius 3 is 2.68 bits per heavy atom. The number of furan rings is 1. The maximum atomic E-state index is 12.8. The van der Waals surface area contributed by atoms with E-state index in [1.54, 1.807) is 24.3 Å². The van der Waals surface area contributed by atoms with Crippen molar-refractivity contribution in [3.63, 3.8) is 0 Å². The monoisotopic (exact) mass is 305 g/mol. The highest BCUT2D eigenvalue weighted by molar-refractivity contribution is 5.91. The molecule has 118 valence electrons. The summed E-state index contributed by atoms with van der Waals surface area (Å²) in [6.45, 7) is 2.95. The molecule has 1 heterocycles. The van der Waals surface area contributed by atoms with Crippen LogP contribution in [0.15, 0.2) is 40.8 Å². The second-order valence-electron chi connectivity index (χ2n) is 4.97. The predicted octanol–water partition coefficient (Wildman–Crippen LogP) is 3.92. The maximum Gasteiger partial charge on any atom is 0.286 e. The van der Waals surface area contributed by atoms with Crippen molar-refractivity contribution in [3.05, 3.63) is 53.7 Å². The number of benzene rings is 1. The Morgan fingerprint density at radius 2 is 1.95 bits per heavy atom. The van der Waals surface area contributed by atoms with Gasteiger partial charge in [-0.05, 0) is 42.8 Å². The van der Waals surface area contributed by atoms with E-state index in [1.807, 2.05) is 0 Å². The normalized spacial score (nSPS) is 10.5. The van der Waals surface area contributed by atoms with E-state index >= 15 is 0 Å². The second kappa shape index (κ2) is 8.22. The fourth-order valence-electron chi connectivity index (χ4n) is 1.93. The predicted molar refractivity (Wildman–Crippen MR) is 81.3 cm³/mol. The van der Waals surface area contributed by atoms with Crippen molar-refractivity contribution in [1.29, 1.82) is 0 Å². The molecular weight excluding hydrogens is 285 g/mol. The standard InChI is InChI=1S/C17H20FNO3/c1-2-3-4-11-19-17(20)16-10-9-15(22-16)12-21-14-7-5-13(18)6-8-14/h5-10H,2-4,11-12H2,1H3,(H,19,20). The molecule has 0 aliphatic carbocycles. The van der Waals surface area contributed by atoms with Crippen LogP contribution in [-0.4, -0.2) is 12.5 Å². The smallest absolute Gasteiger partial charge is 0.286 e. The van der Waals surface area contributed by atoms with Crippen molar-refractivity contribution < 1.29 is 18.3 Å². The molecule has 0 atom stereocenters. The number of halogens is 1. The summed E-state index contributed by atoms with van der Waals surface area (Å²) in [7, 11) is 0. The quantitative estimate of drug-likeness (QED) is 0.752. The number of hydrogen-bond donors (Lipinski definition) is 1. The highest BCUT2D eigenvalue weighted by Gasteiger charge is 2.10. The number of amides is 1. The van der Waals surface area contributed by atoms with Gasteiger partial charge in [-0.2, -0.15) is 0 Å². The first-order valence-corrected chi connectivity index (χ1v) is 7.44. The zero-order chi connectivity index (χ0) is 15.8. The number of carbonyl (C=O) groups excluding carboxylic acids is 1. The second-order valence-corrected chi connectivity index (χ2v) is 4.97. The summed E-state index contributed by atoms with van der Waals surface area (Å²) in [6.07, 6.45) is 3.17. The molecule has 2 rings (SSSR count). The third-order valence-corrected chi connectivity index (χ3v) is 3.15. The van der Waals surface area contributed by atoms with Gasteiger partial charge in [0, 0.05) is 6.54 Å². The zero-order valence-electron chi connectivity index (χ0n) is 12.6. The summed E-state index contributed by atoms with van der Waals surface area (Å²) in [5.74, 6) is 0.831. The molecule has 1 aromatic carbocycles. The third-order valence-electron chi connectivity index (χ3n) is 3.15. The lowest BCUT2D eigenvalue weighted by Crippen LogP contribution is -2.23. The molecular formula is C17H20FNO3. The van der Waals surface area contributed by atoms with Crippen LogP contribution < -0.4 is 10.1 Å². The van der Waals surface area contributed by atoms with Crippen molar-refractivity contribution in [2.45, 2.75) is 32.8 Å². The SMILES string of the molecule is CCCCCNC(=O)c1ccc(COc2ccc(F)cc2)o1. The van der Waals surface area contributed by atoms with Crippen LogP contribution in [0.2, 0.25) is 0 Å². The van der Waals surface area contributed by atoms with Crippen LogP contribution in [-0.2, 0) is 6.61 Å². The number of carbonyl (C=O) groups is 1. The van der Waals surface area contributed by atoms with Crippen molar-refractivity contribution in [2.75, 3.05) is 6.54 Å². The highest BCUT2D eigenvalue weighted by Crippen LogP contribution is 2.15. The van der Waals surface area contributed by atoms with Crippen molar-refractivity contribution in [1.82, 2.24) is 5.32 Å². The molecule has 0 aliphatic rings. The Morgan fingerprint density at radius 1 is 1.18 bits per heavy atom. The molecule has 0 aliphatic heterocycles. The van der Waals surface area contributed by atoms with Gasteiger partial charge in [-0.1, -0.05) is 19.8 Å². The van der Waals surface area contributed by atoms with Gasteiger partial charge in [-0.25, -0.2) is 4.39 Å². The minimum absolute atomic E-state index is 0.189. The van der Waals surface area contributed by atoms with Gasteiger partial charge in [-0.15, -0.1) is 0 Å². The minimum atomic E-state index is -0.313. The van der Waals surface area contributed by atoms with Gasteiger partial charge in [0.15, 0.2) is 5.76 Å². The summed E-state index contributed by atoms with van der Waals surface area (Å²) in [6, 6.07) is 9.06. The number of hydrogen-bond acceptors (Lipinski definition) is 3. The summed E-state index contributed by atoms with van der Waals surface area (Å²) in [5.41, 5.74) is 0. The van der Waals surface area contributed by atoms with Crippen molar-refractivity contribution >= 4 is 5.91 Å². The molecule has 0 fully saturated rings. The molecule has 0 spiro atoms. The lowest BCUT2D eigenvalue weighted by molar-refractivity contribution is 0.0921. The van der Waals surface area contributed by atoms with Crippen molar-refractivity contribution in [2.24, 2.45) is 0 Å². The van der Waals surface area contributed by atoms with Gasteiger partial charge in [0.1, 0.15) is 23.9 Å². The molecule has 0 unspecified atom stereocenters. The average molecular weight is 305 g/mol. The average Bonchev–Trinajstić information content (AvgIpc) is 3.00. The van der Waals surface area contributed by atoms with Gasteiger partial charge in [-0.3, -0.25) is 4.79 Å². The number of unbranched alkanes of at least 4 members (excludes halogenated alkanes) is 2. The van der Waals surface area contributed by atoms with Crippen LogP contribution in [0.25, 0.3) is 0 Å². The molecule has 0 saturated carbocycles. The molecule has 0 radical (unpaired) electrons. The fraction of sp³-hybridized carbons (Fsp3) is 0.353. The highest BCUT2D eigenvalue weighted by atomic mass is 19.1. The first-order valence-electron chi connectivity index (χ1n) is 7.44. The van der Waals surface area contributed by atoms with E-state index in [9.17, 15) is 9.18 Å². The van der Waals surface area contributed by atoms with E-state index in [1.165, 1.54) is 12.1 Å². The van der Waals surface area contributed by atoms with E-state index in [4.69, 9.17) is 9.15 Å². The van der Waals surface area contributed by atoms with Crippen LogP contribution in [0.4, 0.5) is 4.39 Å². The Kier molecular flexibility index (Phi) is 6.01. The molecule has 22 heavy (non-hydrogen) atoms. The Bertz CT molecular complexity index is 592. The van der Waals surface area contributed by atoms with E-state index in [0.29, 0.717) is 18.1 Å². The van der Waals surface area contributed by atoms with Gasteiger partial charge in [0.05, 0.1) is 0 Å². The lowest BCUT2D eigenvalue weighted by atomic mass is 10.2. The first kappa shape index (κ1) is 16.1. The van der Waals surface area contributed by atoms with Crippen LogP contribution in [0, 0.1) is 5.82 Å². The first-order chi connectivity index (χ1) is 10.7. The fourth-order valence-corrected chi connectivity index (χ4v) is 1.93. The van der Waals surface area contributed by atoms with Gasteiger partial charge in [0.2, 0.25) is 0 Å². The van der Waals surface area contributed by atoms with Gasteiger partial charge in [0.25, 0.3) is 5.91 Å². The van der Waals surface area contributed by atoms with Crippen molar-refractivity contribution in [3.8, 4) is 5.75 Å². The molecule has 1 N–H and O–H groups in total.